The Kier molecular flexibility index (Phi) is 12.6. The molecule has 0 aliphatic carbocycles. The molecule has 0 radical (unpaired) electrons. The second kappa shape index (κ2) is 12.8. The smallest absolute Gasteiger partial charge is 0.191 e. The van der Waals surface area contributed by atoms with Crippen molar-refractivity contribution in [3.8, 4) is 0 Å². The molecule has 0 saturated heterocycles. The first kappa shape index (κ1) is 23.5. The van der Waals surface area contributed by atoms with E-state index >= 15 is 0 Å². The number of nitrogens with one attached hydrogen (secondary N) is 2. The Balaban J connectivity index is 0.00000529. The summed E-state index contributed by atoms with van der Waals surface area (Å²) in [5.74, 6) is 0.772. The van der Waals surface area contributed by atoms with Crippen molar-refractivity contribution in [2.75, 3.05) is 44.9 Å². The van der Waals surface area contributed by atoms with Crippen molar-refractivity contribution < 1.29 is 13.2 Å². The highest BCUT2D eigenvalue weighted by molar-refractivity contribution is 14.0. The number of guanidine groups is 1. The Bertz CT molecular complexity index is 591. The molecule has 2 N–H and O–H groups in total. The fraction of sp³-hybridized carbons (Fsp3) is 0.714. The van der Waals surface area contributed by atoms with Crippen LogP contribution in [0.15, 0.2) is 10.4 Å². The highest BCUT2D eigenvalue weighted by Crippen LogP contribution is 2.07. The zero-order valence-electron chi connectivity index (χ0n) is 14.4. The fourth-order valence-corrected chi connectivity index (χ4v) is 2.78. The molecular formula is C14H27IN4O3S2. The van der Waals surface area contributed by atoms with Gasteiger partial charge in [-0.1, -0.05) is 0 Å². The largest absolute Gasteiger partial charge is 0.378 e. The van der Waals surface area contributed by atoms with E-state index in [0.29, 0.717) is 13.2 Å². The van der Waals surface area contributed by atoms with Gasteiger partial charge in [0.1, 0.15) is 9.84 Å². The number of nitrogens with zero attached hydrogens (tertiary/aromatic N) is 2. The molecule has 1 rings (SSSR count). The van der Waals surface area contributed by atoms with Crippen LogP contribution < -0.4 is 10.6 Å². The molecule has 0 unspecified atom stereocenters. The predicted octanol–water partition coefficient (Wildman–Crippen LogP) is 1.23. The van der Waals surface area contributed by atoms with Crippen LogP contribution in [0.4, 0.5) is 0 Å². The number of hydrogen-bond donors (Lipinski definition) is 2. The first-order valence-electron chi connectivity index (χ1n) is 7.59. The summed E-state index contributed by atoms with van der Waals surface area (Å²) in [6, 6.07) is 0. The molecule has 0 saturated carbocycles. The van der Waals surface area contributed by atoms with E-state index in [-0.39, 0.29) is 36.3 Å². The number of rotatable bonds is 10. The lowest BCUT2D eigenvalue weighted by molar-refractivity contribution is 0.157. The molecular weight excluding hydrogens is 463 g/mol. The molecule has 0 aliphatic rings. The average Bonchev–Trinajstić information content (AvgIpc) is 2.87. The van der Waals surface area contributed by atoms with E-state index in [1.54, 1.807) is 11.3 Å². The van der Waals surface area contributed by atoms with Crippen LogP contribution in [0, 0.1) is 6.92 Å². The quantitative estimate of drug-likeness (QED) is 0.222. The summed E-state index contributed by atoms with van der Waals surface area (Å²) in [4.78, 5) is 8.80. The minimum Gasteiger partial charge on any atom is -0.378 e. The summed E-state index contributed by atoms with van der Waals surface area (Å²) < 4.78 is 27.2. The summed E-state index contributed by atoms with van der Waals surface area (Å²) in [6.07, 6.45) is 2.05. The first-order valence-corrected chi connectivity index (χ1v) is 10.5. The third kappa shape index (κ3) is 12.0. The van der Waals surface area contributed by atoms with Gasteiger partial charge in [-0.25, -0.2) is 13.4 Å². The van der Waals surface area contributed by atoms with Crippen LogP contribution in [0.3, 0.4) is 0 Å². The van der Waals surface area contributed by atoms with Gasteiger partial charge in [0.25, 0.3) is 0 Å². The van der Waals surface area contributed by atoms with Crippen molar-refractivity contribution in [1.82, 2.24) is 15.6 Å². The molecule has 7 nitrogen and oxygen atoms in total. The molecule has 140 valence electrons. The SMILES string of the molecule is CCNC(=NCCOCCS(C)(=O)=O)NCCc1csc(C)n1.I. The second-order valence-corrected chi connectivity index (χ2v) is 8.36. The van der Waals surface area contributed by atoms with E-state index in [1.807, 2.05) is 13.8 Å². The average molecular weight is 490 g/mol. The van der Waals surface area contributed by atoms with E-state index in [1.165, 1.54) is 6.26 Å². The summed E-state index contributed by atoms with van der Waals surface area (Å²) in [5, 5.41) is 9.55. The van der Waals surface area contributed by atoms with Crippen molar-refractivity contribution in [3.05, 3.63) is 16.1 Å². The lowest BCUT2D eigenvalue weighted by Gasteiger charge is -2.10. The molecule has 0 amide bonds. The third-order valence-corrected chi connectivity index (χ3v) is 4.52. The third-order valence-electron chi connectivity index (χ3n) is 2.79. The van der Waals surface area contributed by atoms with Crippen LogP contribution >= 0.6 is 35.3 Å². The maximum Gasteiger partial charge on any atom is 0.191 e. The molecule has 1 aromatic heterocycles. The minimum absolute atomic E-state index is 0. The molecule has 24 heavy (non-hydrogen) atoms. The lowest BCUT2D eigenvalue weighted by atomic mass is 10.3. The maximum absolute atomic E-state index is 11.0. The molecule has 0 aromatic carbocycles. The Morgan fingerprint density at radius 2 is 2.12 bits per heavy atom. The van der Waals surface area contributed by atoms with E-state index < -0.39 is 9.84 Å². The number of ether oxygens (including phenoxy) is 1. The molecule has 1 aromatic rings. The Morgan fingerprint density at radius 3 is 2.71 bits per heavy atom. The highest BCUT2D eigenvalue weighted by atomic mass is 127. The second-order valence-electron chi connectivity index (χ2n) is 5.04. The fourth-order valence-electron chi connectivity index (χ4n) is 1.71. The van der Waals surface area contributed by atoms with Gasteiger partial charge < -0.3 is 15.4 Å². The van der Waals surface area contributed by atoms with Gasteiger partial charge in [-0.2, -0.15) is 0 Å². The lowest BCUT2D eigenvalue weighted by Crippen LogP contribution is -2.38. The predicted molar refractivity (Wildman–Crippen MR) is 110 cm³/mol. The number of halogens is 1. The van der Waals surface area contributed by atoms with Crippen LogP contribution in [-0.2, 0) is 21.0 Å². The van der Waals surface area contributed by atoms with Crippen LogP contribution in [0.1, 0.15) is 17.6 Å². The first-order chi connectivity index (χ1) is 10.9. The number of sulfone groups is 1. The maximum atomic E-state index is 11.0. The topological polar surface area (TPSA) is 92.7 Å². The van der Waals surface area contributed by atoms with Gasteiger partial charge in [-0.05, 0) is 13.8 Å². The van der Waals surface area contributed by atoms with E-state index in [0.717, 1.165) is 36.2 Å². The van der Waals surface area contributed by atoms with Crippen molar-refractivity contribution >= 4 is 51.1 Å². The van der Waals surface area contributed by atoms with Gasteiger partial charge in [0.2, 0.25) is 0 Å². The van der Waals surface area contributed by atoms with Crippen LogP contribution in [0.25, 0.3) is 0 Å². The number of aliphatic imine (C=N–C) groups is 1. The van der Waals surface area contributed by atoms with Gasteiger partial charge in [-0.3, -0.25) is 4.99 Å². The number of thiazole rings is 1. The van der Waals surface area contributed by atoms with Crippen molar-refractivity contribution in [1.29, 1.82) is 0 Å². The van der Waals surface area contributed by atoms with Crippen LogP contribution in [0.5, 0.6) is 0 Å². The Hall–Kier alpha value is -0.460. The zero-order chi connectivity index (χ0) is 17.1. The minimum atomic E-state index is -2.96. The van der Waals surface area contributed by atoms with E-state index in [2.05, 4.69) is 26.0 Å². The molecule has 0 spiro atoms. The number of aromatic nitrogens is 1. The monoisotopic (exact) mass is 490 g/mol. The zero-order valence-corrected chi connectivity index (χ0v) is 18.3. The molecule has 0 fully saturated rings. The normalized spacial score (nSPS) is 11.9. The number of hydrogen-bond acceptors (Lipinski definition) is 6. The van der Waals surface area contributed by atoms with Gasteiger partial charge >= 0.3 is 0 Å². The van der Waals surface area contributed by atoms with Crippen molar-refractivity contribution in [2.45, 2.75) is 20.3 Å². The van der Waals surface area contributed by atoms with Crippen LogP contribution in [-0.4, -0.2) is 64.2 Å². The van der Waals surface area contributed by atoms with E-state index in [9.17, 15) is 8.42 Å². The molecule has 0 aliphatic heterocycles. The standard InChI is InChI=1S/C14H26N4O3S2.HI/c1-4-15-14(16-6-5-13-11-22-12(2)18-13)17-7-8-21-9-10-23(3,19)20;/h11H,4-10H2,1-3H3,(H2,15,16,17);1H. The summed E-state index contributed by atoms with van der Waals surface area (Å²) in [7, 11) is -2.96. The molecule has 0 bridgehead atoms. The van der Waals surface area contributed by atoms with Crippen molar-refractivity contribution in [3.63, 3.8) is 0 Å². The molecule has 1 heterocycles. The van der Waals surface area contributed by atoms with E-state index in [4.69, 9.17) is 4.74 Å². The van der Waals surface area contributed by atoms with Gasteiger partial charge in [-0.15, -0.1) is 35.3 Å². The summed E-state index contributed by atoms with van der Waals surface area (Å²) in [6.45, 7) is 6.62. The van der Waals surface area contributed by atoms with Gasteiger partial charge in [0.05, 0.1) is 36.2 Å². The molecule has 0 atom stereocenters. The van der Waals surface area contributed by atoms with Crippen molar-refractivity contribution in [2.24, 2.45) is 4.99 Å². The van der Waals surface area contributed by atoms with Crippen LogP contribution in [0.2, 0.25) is 0 Å². The van der Waals surface area contributed by atoms with Gasteiger partial charge in [0.15, 0.2) is 5.96 Å². The molecule has 10 heteroatoms. The summed E-state index contributed by atoms with van der Waals surface area (Å²) in [5.41, 5.74) is 1.08. The van der Waals surface area contributed by atoms with Gasteiger partial charge in [0, 0.05) is 31.1 Å². The summed E-state index contributed by atoms with van der Waals surface area (Å²) >= 11 is 1.65. The number of aryl methyl sites for hydroxylation is 1. The Morgan fingerprint density at radius 1 is 1.38 bits per heavy atom. The highest BCUT2D eigenvalue weighted by Gasteiger charge is 2.02. The Labute approximate surface area is 165 Å².